The quantitative estimate of drug-likeness (QED) is 0.398. The third kappa shape index (κ3) is 5.38. The Kier molecular flexibility index (Phi) is 7.69. The summed E-state index contributed by atoms with van der Waals surface area (Å²) in [6, 6.07) is 17.6. The molecule has 0 saturated carbocycles. The third-order valence-corrected chi connectivity index (χ3v) is 5.36. The van der Waals surface area contributed by atoms with Crippen molar-refractivity contribution in [1.82, 2.24) is 20.1 Å². The number of hydrogen-bond donors (Lipinski definition) is 1. The number of methoxy groups -OCH3 is 1. The summed E-state index contributed by atoms with van der Waals surface area (Å²) >= 11 is 1.38. The van der Waals surface area contributed by atoms with Gasteiger partial charge in [-0.2, -0.15) is 0 Å². The zero-order valence-electron chi connectivity index (χ0n) is 16.8. The first-order valence-corrected chi connectivity index (χ1v) is 10.8. The van der Waals surface area contributed by atoms with Gasteiger partial charge in [0.05, 0.1) is 18.4 Å². The summed E-state index contributed by atoms with van der Waals surface area (Å²) in [4.78, 5) is 12.2. The van der Waals surface area contributed by atoms with E-state index >= 15 is 0 Å². The Morgan fingerprint density at radius 1 is 1.07 bits per heavy atom. The Morgan fingerprint density at radius 2 is 1.83 bits per heavy atom. The van der Waals surface area contributed by atoms with E-state index in [1.807, 2.05) is 59.2 Å². The Hall–Kier alpha value is -2.80. The first kappa shape index (κ1) is 20.9. The van der Waals surface area contributed by atoms with Crippen LogP contribution in [0.5, 0.6) is 5.75 Å². The van der Waals surface area contributed by atoms with E-state index in [1.54, 1.807) is 7.11 Å². The van der Waals surface area contributed by atoms with Gasteiger partial charge >= 0.3 is 0 Å². The van der Waals surface area contributed by atoms with E-state index < -0.39 is 0 Å². The predicted molar refractivity (Wildman–Crippen MR) is 117 cm³/mol. The van der Waals surface area contributed by atoms with Crippen molar-refractivity contribution in [3.63, 3.8) is 0 Å². The summed E-state index contributed by atoms with van der Waals surface area (Å²) in [6.07, 6.45) is 3.26. The molecule has 0 bridgehead atoms. The second kappa shape index (κ2) is 10.7. The number of carbonyl (C=O) groups is 1. The second-order valence-corrected chi connectivity index (χ2v) is 7.47. The molecule has 1 amide bonds. The number of benzene rings is 2. The lowest BCUT2D eigenvalue weighted by Gasteiger charge is -2.12. The minimum Gasteiger partial charge on any atom is -0.496 e. The number of nitrogens with zero attached hydrogens (tertiary/aromatic N) is 3. The molecular formula is C22H26N4O2S. The van der Waals surface area contributed by atoms with Gasteiger partial charge in [0.25, 0.3) is 0 Å². The molecule has 152 valence electrons. The summed E-state index contributed by atoms with van der Waals surface area (Å²) in [5.74, 6) is 1.71. The molecule has 0 fully saturated rings. The number of unbranched alkanes of at least 4 members (excludes halogenated alkanes) is 2. The number of para-hydroxylation sites is 2. The second-order valence-electron chi connectivity index (χ2n) is 6.52. The van der Waals surface area contributed by atoms with Gasteiger partial charge in [-0.05, 0) is 30.7 Å². The summed E-state index contributed by atoms with van der Waals surface area (Å²) in [7, 11) is 1.64. The van der Waals surface area contributed by atoms with Gasteiger partial charge in [0.2, 0.25) is 5.91 Å². The van der Waals surface area contributed by atoms with Crippen molar-refractivity contribution in [1.29, 1.82) is 0 Å². The molecule has 0 aliphatic heterocycles. The summed E-state index contributed by atoms with van der Waals surface area (Å²) < 4.78 is 7.48. The van der Waals surface area contributed by atoms with Crippen LogP contribution in [0, 0.1) is 0 Å². The predicted octanol–water partition coefficient (Wildman–Crippen LogP) is 4.34. The lowest BCUT2D eigenvalue weighted by molar-refractivity contribution is -0.118. The van der Waals surface area contributed by atoms with E-state index in [1.165, 1.54) is 11.8 Å². The maximum absolute atomic E-state index is 12.2. The van der Waals surface area contributed by atoms with Crippen LogP contribution in [0.25, 0.3) is 17.1 Å². The first-order valence-electron chi connectivity index (χ1n) is 9.78. The molecular weight excluding hydrogens is 384 g/mol. The van der Waals surface area contributed by atoms with Crippen LogP contribution in [-0.2, 0) is 4.79 Å². The van der Waals surface area contributed by atoms with Gasteiger partial charge in [0, 0.05) is 12.2 Å². The van der Waals surface area contributed by atoms with Gasteiger partial charge in [-0.15, -0.1) is 10.2 Å². The van der Waals surface area contributed by atoms with Crippen molar-refractivity contribution in [2.24, 2.45) is 0 Å². The molecule has 0 saturated heterocycles. The summed E-state index contributed by atoms with van der Waals surface area (Å²) in [6.45, 7) is 2.86. The number of thioether (sulfide) groups is 1. The first-order chi connectivity index (χ1) is 14.2. The molecule has 0 aliphatic rings. The molecule has 0 atom stereocenters. The van der Waals surface area contributed by atoms with Crippen LogP contribution in [0.2, 0.25) is 0 Å². The third-order valence-electron chi connectivity index (χ3n) is 4.43. The van der Waals surface area contributed by atoms with Crippen LogP contribution in [0.15, 0.2) is 59.8 Å². The van der Waals surface area contributed by atoms with Crippen LogP contribution in [0.3, 0.4) is 0 Å². The van der Waals surface area contributed by atoms with E-state index in [4.69, 9.17) is 4.74 Å². The fourth-order valence-corrected chi connectivity index (χ4v) is 3.74. The van der Waals surface area contributed by atoms with E-state index in [2.05, 4.69) is 22.4 Å². The van der Waals surface area contributed by atoms with E-state index in [9.17, 15) is 4.79 Å². The Morgan fingerprint density at radius 3 is 2.59 bits per heavy atom. The largest absolute Gasteiger partial charge is 0.496 e. The van der Waals surface area contributed by atoms with Gasteiger partial charge in [-0.1, -0.05) is 61.9 Å². The topological polar surface area (TPSA) is 69.0 Å². The zero-order chi connectivity index (χ0) is 20.5. The number of ether oxygens (including phenoxy) is 1. The maximum Gasteiger partial charge on any atom is 0.230 e. The van der Waals surface area contributed by atoms with Crippen LogP contribution >= 0.6 is 11.8 Å². The minimum absolute atomic E-state index is 0.00700. The molecule has 1 heterocycles. The normalized spacial score (nSPS) is 10.7. The Labute approximate surface area is 175 Å². The molecule has 6 nitrogen and oxygen atoms in total. The molecule has 0 spiro atoms. The van der Waals surface area contributed by atoms with Crippen molar-refractivity contribution >= 4 is 17.7 Å². The van der Waals surface area contributed by atoms with Crippen molar-refractivity contribution in [2.45, 2.75) is 31.3 Å². The van der Waals surface area contributed by atoms with Crippen LogP contribution in [0.4, 0.5) is 0 Å². The fraction of sp³-hybridized carbons (Fsp3) is 0.318. The molecule has 0 radical (unpaired) electrons. The van der Waals surface area contributed by atoms with Crippen LogP contribution in [0.1, 0.15) is 26.2 Å². The molecule has 2 aromatic carbocycles. The number of nitrogens with one attached hydrogen (secondary N) is 1. The highest BCUT2D eigenvalue weighted by Gasteiger charge is 2.19. The monoisotopic (exact) mass is 410 g/mol. The van der Waals surface area contributed by atoms with Gasteiger partial charge in [-0.3, -0.25) is 9.36 Å². The van der Waals surface area contributed by atoms with Crippen LogP contribution < -0.4 is 10.1 Å². The van der Waals surface area contributed by atoms with Gasteiger partial charge in [-0.25, -0.2) is 0 Å². The van der Waals surface area contributed by atoms with Gasteiger partial charge in [0.15, 0.2) is 11.0 Å². The summed E-state index contributed by atoms with van der Waals surface area (Å²) in [5, 5.41) is 12.4. The van der Waals surface area contributed by atoms with Gasteiger partial charge in [0.1, 0.15) is 5.75 Å². The van der Waals surface area contributed by atoms with Crippen LogP contribution in [-0.4, -0.2) is 40.1 Å². The molecule has 7 heteroatoms. The standard InChI is InChI=1S/C22H26N4O2S/c1-3-4-10-15-23-20(27)16-29-22-25-24-21(18-13-8-9-14-19(18)28-2)26(22)17-11-6-5-7-12-17/h5-9,11-14H,3-4,10,15-16H2,1-2H3,(H,23,27). The van der Waals surface area contributed by atoms with Gasteiger partial charge < -0.3 is 10.1 Å². The van der Waals surface area contributed by atoms with Crippen molar-refractivity contribution in [3.05, 3.63) is 54.6 Å². The highest BCUT2D eigenvalue weighted by atomic mass is 32.2. The van der Waals surface area contributed by atoms with E-state index in [0.717, 1.165) is 36.3 Å². The number of rotatable bonds is 10. The summed E-state index contributed by atoms with van der Waals surface area (Å²) in [5.41, 5.74) is 1.78. The molecule has 3 rings (SSSR count). The number of amides is 1. The molecule has 1 N–H and O–H groups in total. The van der Waals surface area contributed by atoms with E-state index in [-0.39, 0.29) is 5.91 Å². The smallest absolute Gasteiger partial charge is 0.230 e. The maximum atomic E-state index is 12.2. The molecule has 0 aliphatic carbocycles. The lowest BCUT2D eigenvalue weighted by Crippen LogP contribution is -2.26. The lowest BCUT2D eigenvalue weighted by atomic mass is 10.2. The highest BCUT2D eigenvalue weighted by molar-refractivity contribution is 7.99. The van der Waals surface area contributed by atoms with Crippen molar-refractivity contribution in [2.75, 3.05) is 19.4 Å². The fourth-order valence-electron chi connectivity index (χ4n) is 2.96. The number of hydrogen-bond acceptors (Lipinski definition) is 5. The number of carbonyl (C=O) groups excluding carboxylic acids is 1. The average molecular weight is 411 g/mol. The average Bonchev–Trinajstić information content (AvgIpc) is 3.19. The van der Waals surface area contributed by atoms with Crippen molar-refractivity contribution in [3.8, 4) is 22.8 Å². The number of aromatic nitrogens is 3. The Balaban J connectivity index is 1.85. The van der Waals surface area contributed by atoms with E-state index in [0.29, 0.717) is 23.3 Å². The zero-order valence-corrected chi connectivity index (χ0v) is 17.6. The van der Waals surface area contributed by atoms with Crippen molar-refractivity contribution < 1.29 is 9.53 Å². The molecule has 0 unspecified atom stereocenters. The highest BCUT2D eigenvalue weighted by Crippen LogP contribution is 2.33. The molecule has 29 heavy (non-hydrogen) atoms. The Bertz CT molecular complexity index is 928. The SMILES string of the molecule is CCCCCNC(=O)CSc1nnc(-c2ccccc2OC)n1-c1ccccc1. The molecule has 1 aromatic heterocycles. The minimum atomic E-state index is 0.00700. The molecule has 3 aromatic rings.